The molecular weight excluding hydrogens is 378 g/mol. The zero-order valence-electron chi connectivity index (χ0n) is 18.0. The monoisotopic (exact) mass is 411 g/mol. The number of anilines is 3. The van der Waals surface area contributed by atoms with Crippen molar-refractivity contribution >= 4 is 28.9 Å². The summed E-state index contributed by atoms with van der Waals surface area (Å²) in [6, 6.07) is 14.7. The minimum Gasteiger partial charge on any atom is -0.494 e. The van der Waals surface area contributed by atoms with Gasteiger partial charge in [0.1, 0.15) is 5.75 Å². The third-order valence-corrected chi connectivity index (χ3v) is 4.58. The van der Waals surface area contributed by atoms with Crippen molar-refractivity contribution in [1.82, 2.24) is 0 Å². The fourth-order valence-corrected chi connectivity index (χ4v) is 2.87. The maximum absolute atomic E-state index is 12.2. The summed E-state index contributed by atoms with van der Waals surface area (Å²) in [5, 5.41) is 8.74. The Morgan fingerprint density at radius 2 is 1.50 bits per heavy atom. The molecule has 0 bridgehead atoms. The maximum atomic E-state index is 12.2. The van der Waals surface area contributed by atoms with E-state index < -0.39 is 0 Å². The van der Waals surface area contributed by atoms with Crippen LogP contribution in [0.5, 0.6) is 5.75 Å². The predicted molar refractivity (Wildman–Crippen MR) is 123 cm³/mol. The van der Waals surface area contributed by atoms with Crippen LogP contribution in [0.25, 0.3) is 0 Å². The number of benzene rings is 2. The van der Waals surface area contributed by atoms with Crippen molar-refractivity contribution in [2.45, 2.75) is 52.4 Å². The molecule has 2 aromatic rings. The quantitative estimate of drug-likeness (QED) is 0.384. The summed E-state index contributed by atoms with van der Waals surface area (Å²) < 4.78 is 5.79. The highest BCUT2D eigenvalue weighted by molar-refractivity contribution is 5.94. The Bertz CT molecular complexity index is 791. The lowest BCUT2D eigenvalue weighted by atomic mass is 10.2. The molecule has 2 amide bonds. The van der Waals surface area contributed by atoms with Gasteiger partial charge in [-0.1, -0.05) is 45.6 Å². The molecule has 0 aliphatic carbocycles. The molecule has 0 saturated heterocycles. The molecule has 0 unspecified atom stereocenters. The van der Waals surface area contributed by atoms with Crippen LogP contribution in [-0.2, 0) is 9.59 Å². The molecule has 0 aliphatic rings. The minimum absolute atomic E-state index is 0.0298. The number of carbonyl (C=O) groups excluding carboxylic acids is 2. The third-order valence-electron chi connectivity index (χ3n) is 4.58. The molecule has 0 atom stereocenters. The Morgan fingerprint density at radius 3 is 2.23 bits per heavy atom. The molecule has 2 aromatic carbocycles. The first-order valence-corrected chi connectivity index (χ1v) is 10.8. The molecule has 0 spiro atoms. The summed E-state index contributed by atoms with van der Waals surface area (Å²) in [6.07, 6.45) is 6.42. The number of rotatable bonds is 13. The Hall–Kier alpha value is -3.02. The lowest BCUT2D eigenvalue weighted by molar-refractivity contribution is -0.116. The number of ether oxygens (including phenoxy) is 1. The van der Waals surface area contributed by atoms with Crippen molar-refractivity contribution in [3.8, 4) is 5.75 Å². The Kier molecular flexibility index (Phi) is 10.3. The van der Waals surface area contributed by atoms with E-state index in [0.29, 0.717) is 18.7 Å². The molecule has 2 rings (SSSR count). The van der Waals surface area contributed by atoms with E-state index in [1.165, 1.54) is 25.7 Å². The summed E-state index contributed by atoms with van der Waals surface area (Å²) in [7, 11) is 0. The van der Waals surface area contributed by atoms with Crippen LogP contribution in [0.1, 0.15) is 52.4 Å². The smallest absolute Gasteiger partial charge is 0.243 e. The lowest BCUT2D eigenvalue weighted by Gasteiger charge is -2.11. The molecular formula is C24H33N3O3. The standard InChI is InChI=1S/C24H33N3O3/c1-3-5-6-7-8-16-30-22-11-9-10-21(17-22)27-24(29)18-25-19-12-14-20(15-13-19)26-23(28)4-2/h9-15,17,25H,3-8,16,18H2,1-2H3,(H,26,28)(H,27,29). The molecule has 30 heavy (non-hydrogen) atoms. The summed E-state index contributed by atoms with van der Waals surface area (Å²) in [4.78, 5) is 23.6. The molecule has 0 saturated carbocycles. The molecule has 0 heterocycles. The molecule has 0 aliphatic heterocycles. The first-order chi connectivity index (χ1) is 14.6. The van der Waals surface area contributed by atoms with Gasteiger partial charge in [-0.2, -0.15) is 0 Å². The maximum Gasteiger partial charge on any atom is 0.243 e. The minimum atomic E-state index is -0.143. The molecule has 6 nitrogen and oxygen atoms in total. The Balaban J connectivity index is 1.73. The van der Waals surface area contributed by atoms with Gasteiger partial charge < -0.3 is 20.7 Å². The van der Waals surface area contributed by atoms with E-state index in [4.69, 9.17) is 4.74 Å². The second kappa shape index (κ2) is 13.2. The summed E-state index contributed by atoms with van der Waals surface area (Å²) in [5.41, 5.74) is 2.25. The van der Waals surface area contributed by atoms with Gasteiger partial charge in [0.15, 0.2) is 0 Å². The fraction of sp³-hybridized carbons (Fsp3) is 0.417. The van der Waals surface area contributed by atoms with Crippen LogP contribution in [0.2, 0.25) is 0 Å². The number of hydrogen-bond donors (Lipinski definition) is 3. The van der Waals surface area contributed by atoms with E-state index in [1.54, 1.807) is 19.1 Å². The van der Waals surface area contributed by atoms with Crippen LogP contribution < -0.4 is 20.7 Å². The molecule has 162 valence electrons. The van der Waals surface area contributed by atoms with E-state index in [2.05, 4.69) is 22.9 Å². The van der Waals surface area contributed by atoms with Gasteiger partial charge in [0, 0.05) is 29.5 Å². The second-order valence-electron chi connectivity index (χ2n) is 7.17. The molecule has 3 N–H and O–H groups in total. The van der Waals surface area contributed by atoms with Crippen molar-refractivity contribution < 1.29 is 14.3 Å². The summed E-state index contributed by atoms with van der Waals surface area (Å²) in [5.74, 6) is 0.592. The van der Waals surface area contributed by atoms with Crippen LogP contribution in [0, 0.1) is 0 Å². The number of unbranched alkanes of at least 4 members (excludes halogenated alkanes) is 4. The Morgan fingerprint density at radius 1 is 0.800 bits per heavy atom. The van der Waals surface area contributed by atoms with E-state index in [1.807, 2.05) is 36.4 Å². The van der Waals surface area contributed by atoms with Crippen molar-refractivity contribution in [2.24, 2.45) is 0 Å². The lowest BCUT2D eigenvalue weighted by Crippen LogP contribution is -2.21. The second-order valence-corrected chi connectivity index (χ2v) is 7.17. The normalized spacial score (nSPS) is 10.3. The zero-order chi connectivity index (χ0) is 21.6. The van der Waals surface area contributed by atoms with Gasteiger partial charge in [-0.05, 0) is 42.8 Å². The first-order valence-electron chi connectivity index (χ1n) is 10.8. The van der Waals surface area contributed by atoms with Crippen molar-refractivity contribution in [3.05, 3.63) is 48.5 Å². The van der Waals surface area contributed by atoms with Crippen LogP contribution in [0.15, 0.2) is 48.5 Å². The number of carbonyl (C=O) groups is 2. The average Bonchev–Trinajstić information content (AvgIpc) is 2.76. The SMILES string of the molecule is CCCCCCCOc1cccc(NC(=O)CNc2ccc(NC(=O)CC)cc2)c1. The van der Waals surface area contributed by atoms with Crippen molar-refractivity contribution in [3.63, 3.8) is 0 Å². The molecule has 6 heteroatoms. The van der Waals surface area contributed by atoms with Gasteiger partial charge in [-0.25, -0.2) is 0 Å². The van der Waals surface area contributed by atoms with Gasteiger partial charge in [0.25, 0.3) is 0 Å². The topological polar surface area (TPSA) is 79.5 Å². The average molecular weight is 412 g/mol. The summed E-state index contributed by atoms with van der Waals surface area (Å²) >= 11 is 0. The zero-order valence-corrected chi connectivity index (χ0v) is 18.0. The first kappa shape index (κ1) is 23.3. The van der Waals surface area contributed by atoms with Gasteiger partial charge in [0.05, 0.1) is 13.2 Å². The number of nitrogens with one attached hydrogen (secondary N) is 3. The fourth-order valence-electron chi connectivity index (χ4n) is 2.87. The van der Waals surface area contributed by atoms with Gasteiger partial charge in [-0.15, -0.1) is 0 Å². The van der Waals surface area contributed by atoms with Crippen molar-refractivity contribution in [2.75, 3.05) is 29.1 Å². The Labute approximate surface area is 179 Å². The highest BCUT2D eigenvalue weighted by Crippen LogP contribution is 2.18. The van der Waals surface area contributed by atoms with E-state index >= 15 is 0 Å². The van der Waals surface area contributed by atoms with E-state index in [-0.39, 0.29) is 18.4 Å². The van der Waals surface area contributed by atoms with Crippen LogP contribution in [0.4, 0.5) is 17.1 Å². The van der Waals surface area contributed by atoms with E-state index in [0.717, 1.165) is 23.5 Å². The highest BCUT2D eigenvalue weighted by Gasteiger charge is 2.05. The van der Waals surface area contributed by atoms with Crippen LogP contribution in [-0.4, -0.2) is 25.0 Å². The van der Waals surface area contributed by atoms with Crippen LogP contribution >= 0.6 is 0 Å². The van der Waals surface area contributed by atoms with Crippen LogP contribution in [0.3, 0.4) is 0 Å². The third kappa shape index (κ3) is 8.99. The molecule has 0 fully saturated rings. The molecule has 0 aromatic heterocycles. The number of amides is 2. The van der Waals surface area contributed by atoms with Gasteiger partial charge in [0.2, 0.25) is 11.8 Å². The number of hydrogen-bond acceptors (Lipinski definition) is 4. The largest absolute Gasteiger partial charge is 0.494 e. The van der Waals surface area contributed by atoms with E-state index in [9.17, 15) is 9.59 Å². The molecule has 0 radical (unpaired) electrons. The van der Waals surface area contributed by atoms with Gasteiger partial charge in [-0.3, -0.25) is 9.59 Å². The summed E-state index contributed by atoms with van der Waals surface area (Å²) in [6.45, 7) is 4.84. The van der Waals surface area contributed by atoms with Gasteiger partial charge >= 0.3 is 0 Å². The van der Waals surface area contributed by atoms with Crippen molar-refractivity contribution in [1.29, 1.82) is 0 Å². The highest BCUT2D eigenvalue weighted by atomic mass is 16.5. The predicted octanol–water partition coefficient (Wildman–Crippen LogP) is 5.43.